The number of nitrogens with one attached hydrogen (secondary N) is 1. The van der Waals surface area contributed by atoms with E-state index in [1.165, 1.54) is 0 Å². The number of thioether (sulfide) groups is 1. The first kappa shape index (κ1) is 14.1. The zero-order chi connectivity index (χ0) is 12.8. The van der Waals surface area contributed by atoms with E-state index in [9.17, 15) is 0 Å². The SMILES string of the molecule is CCNc1cc(N(C)CC(C)C)nc(SC)n1. The maximum atomic E-state index is 4.52. The maximum Gasteiger partial charge on any atom is 0.191 e. The lowest BCUT2D eigenvalue weighted by Gasteiger charge is -2.21. The van der Waals surface area contributed by atoms with Crippen molar-refractivity contribution in [3.63, 3.8) is 0 Å². The van der Waals surface area contributed by atoms with Gasteiger partial charge in [-0.2, -0.15) is 0 Å². The Hall–Kier alpha value is -0.970. The van der Waals surface area contributed by atoms with Crippen LogP contribution >= 0.6 is 11.8 Å². The summed E-state index contributed by atoms with van der Waals surface area (Å²) < 4.78 is 0. The summed E-state index contributed by atoms with van der Waals surface area (Å²) in [6.45, 7) is 8.35. The van der Waals surface area contributed by atoms with Crippen LogP contribution in [-0.4, -0.2) is 36.4 Å². The van der Waals surface area contributed by atoms with Crippen LogP contribution in [0.2, 0.25) is 0 Å². The second-order valence-corrected chi connectivity index (χ2v) is 5.18. The molecule has 4 nitrogen and oxygen atoms in total. The molecule has 0 fully saturated rings. The zero-order valence-electron chi connectivity index (χ0n) is 11.3. The molecule has 1 N–H and O–H groups in total. The Morgan fingerprint density at radius 1 is 1.41 bits per heavy atom. The highest BCUT2D eigenvalue weighted by molar-refractivity contribution is 7.98. The molecule has 0 bridgehead atoms. The van der Waals surface area contributed by atoms with Crippen molar-refractivity contribution < 1.29 is 0 Å². The van der Waals surface area contributed by atoms with E-state index in [2.05, 4.69) is 48.0 Å². The van der Waals surface area contributed by atoms with Gasteiger partial charge in [0.2, 0.25) is 0 Å². The summed E-state index contributed by atoms with van der Waals surface area (Å²) in [5, 5.41) is 4.05. The van der Waals surface area contributed by atoms with Gasteiger partial charge >= 0.3 is 0 Å². The van der Waals surface area contributed by atoms with Crippen LogP contribution in [0.15, 0.2) is 11.2 Å². The molecule has 1 aromatic heterocycles. The third-order valence-corrected chi connectivity index (χ3v) is 2.81. The average Bonchev–Trinajstić information content (AvgIpc) is 2.28. The van der Waals surface area contributed by atoms with Crippen LogP contribution < -0.4 is 10.2 Å². The van der Waals surface area contributed by atoms with E-state index in [4.69, 9.17) is 0 Å². The van der Waals surface area contributed by atoms with Gasteiger partial charge < -0.3 is 10.2 Å². The quantitative estimate of drug-likeness (QED) is 0.624. The molecule has 0 saturated heterocycles. The maximum absolute atomic E-state index is 4.52. The lowest BCUT2D eigenvalue weighted by Crippen LogP contribution is -2.24. The van der Waals surface area contributed by atoms with Crippen LogP contribution in [0.3, 0.4) is 0 Å². The third-order valence-electron chi connectivity index (χ3n) is 2.26. The highest BCUT2D eigenvalue weighted by atomic mass is 32.2. The molecule has 0 aliphatic heterocycles. The minimum atomic E-state index is 0.621. The second-order valence-electron chi connectivity index (χ2n) is 4.40. The average molecular weight is 254 g/mol. The molecule has 5 heteroatoms. The van der Waals surface area contributed by atoms with Gasteiger partial charge in [0.1, 0.15) is 11.6 Å². The number of rotatable bonds is 6. The predicted octanol–water partition coefficient (Wildman–Crippen LogP) is 2.72. The van der Waals surface area contributed by atoms with Crippen LogP contribution in [0.4, 0.5) is 11.6 Å². The van der Waals surface area contributed by atoms with Crippen LogP contribution in [0.5, 0.6) is 0 Å². The highest BCUT2D eigenvalue weighted by Crippen LogP contribution is 2.20. The molecule has 17 heavy (non-hydrogen) atoms. The van der Waals surface area contributed by atoms with Crippen molar-refractivity contribution in [2.24, 2.45) is 5.92 Å². The fourth-order valence-electron chi connectivity index (χ4n) is 1.61. The zero-order valence-corrected chi connectivity index (χ0v) is 12.1. The monoisotopic (exact) mass is 254 g/mol. The summed E-state index contributed by atoms with van der Waals surface area (Å²) in [6, 6.07) is 2.01. The van der Waals surface area contributed by atoms with Crippen molar-refractivity contribution in [3.05, 3.63) is 6.07 Å². The van der Waals surface area contributed by atoms with Crippen LogP contribution in [0.1, 0.15) is 20.8 Å². The Balaban J connectivity index is 2.93. The summed E-state index contributed by atoms with van der Waals surface area (Å²) in [5.74, 6) is 2.50. The molecule has 0 aliphatic carbocycles. The molecule has 0 amide bonds. The van der Waals surface area contributed by atoms with Gasteiger partial charge in [-0.05, 0) is 19.1 Å². The van der Waals surface area contributed by atoms with Crippen LogP contribution in [-0.2, 0) is 0 Å². The fraction of sp³-hybridized carbons (Fsp3) is 0.667. The Kier molecular flexibility index (Phi) is 5.55. The number of hydrogen-bond acceptors (Lipinski definition) is 5. The number of nitrogens with zero attached hydrogens (tertiary/aromatic N) is 3. The summed E-state index contributed by atoms with van der Waals surface area (Å²) in [5.41, 5.74) is 0. The summed E-state index contributed by atoms with van der Waals surface area (Å²) in [7, 11) is 2.07. The predicted molar refractivity (Wildman–Crippen MR) is 76.1 cm³/mol. The minimum Gasteiger partial charge on any atom is -0.370 e. The van der Waals surface area contributed by atoms with Crippen molar-refractivity contribution >= 4 is 23.4 Å². The van der Waals surface area contributed by atoms with E-state index in [-0.39, 0.29) is 0 Å². The molecule has 1 rings (SSSR count). The Bertz CT molecular complexity index is 354. The third kappa shape index (κ3) is 4.42. The molecular formula is C12H22N4S. The van der Waals surface area contributed by atoms with Gasteiger partial charge in [0, 0.05) is 26.2 Å². The first-order chi connectivity index (χ1) is 8.06. The van der Waals surface area contributed by atoms with E-state index >= 15 is 0 Å². The smallest absolute Gasteiger partial charge is 0.191 e. The van der Waals surface area contributed by atoms with Gasteiger partial charge in [0.05, 0.1) is 0 Å². The van der Waals surface area contributed by atoms with Crippen LogP contribution in [0, 0.1) is 5.92 Å². The topological polar surface area (TPSA) is 41.0 Å². The molecule has 0 spiro atoms. The van der Waals surface area contributed by atoms with Gasteiger partial charge in [-0.15, -0.1) is 0 Å². The second kappa shape index (κ2) is 6.69. The molecule has 0 aromatic carbocycles. The first-order valence-corrected chi connectivity index (χ1v) is 7.17. The van der Waals surface area contributed by atoms with Crippen molar-refractivity contribution in [1.82, 2.24) is 9.97 Å². The molecule has 0 unspecified atom stereocenters. The van der Waals surface area contributed by atoms with E-state index in [0.717, 1.165) is 29.9 Å². The Labute approximate surface area is 108 Å². The van der Waals surface area contributed by atoms with Gasteiger partial charge in [-0.3, -0.25) is 0 Å². The molecule has 1 heterocycles. The Morgan fingerprint density at radius 3 is 2.65 bits per heavy atom. The number of anilines is 2. The molecule has 0 saturated carbocycles. The van der Waals surface area contributed by atoms with Crippen LogP contribution in [0.25, 0.3) is 0 Å². The summed E-state index contributed by atoms with van der Waals surface area (Å²) in [4.78, 5) is 11.1. The van der Waals surface area contributed by atoms with Crippen molar-refractivity contribution in [2.75, 3.05) is 36.6 Å². The summed E-state index contributed by atoms with van der Waals surface area (Å²) >= 11 is 1.57. The van der Waals surface area contributed by atoms with Gasteiger partial charge in [-0.1, -0.05) is 25.6 Å². The van der Waals surface area contributed by atoms with Gasteiger partial charge in [-0.25, -0.2) is 9.97 Å². The standard InChI is InChI=1S/C12H22N4S/c1-6-13-10-7-11(15-12(14-10)17-5)16(4)8-9(2)3/h7,9H,6,8H2,1-5H3,(H,13,14,15). The molecule has 0 aliphatic rings. The molecular weight excluding hydrogens is 232 g/mol. The minimum absolute atomic E-state index is 0.621. The molecule has 0 atom stereocenters. The van der Waals surface area contributed by atoms with Gasteiger partial charge in [0.15, 0.2) is 5.16 Å². The number of hydrogen-bond donors (Lipinski definition) is 1. The Morgan fingerprint density at radius 2 is 2.12 bits per heavy atom. The van der Waals surface area contributed by atoms with E-state index < -0.39 is 0 Å². The summed E-state index contributed by atoms with van der Waals surface area (Å²) in [6.07, 6.45) is 2.00. The normalized spacial score (nSPS) is 10.7. The van der Waals surface area contributed by atoms with Gasteiger partial charge in [0.25, 0.3) is 0 Å². The molecule has 96 valence electrons. The largest absolute Gasteiger partial charge is 0.370 e. The lowest BCUT2D eigenvalue weighted by atomic mass is 10.2. The van der Waals surface area contributed by atoms with Crippen molar-refractivity contribution in [3.8, 4) is 0 Å². The van der Waals surface area contributed by atoms with E-state index in [1.54, 1.807) is 11.8 Å². The van der Waals surface area contributed by atoms with Crippen molar-refractivity contribution in [1.29, 1.82) is 0 Å². The van der Waals surface area contributed by atoms with E-state index in [0.29, 0.717) is 5.92 Å². The first-order valence-electron chi connectivity index (χ1n) is 5.94. The highest BCUT2D eigenvalue weighted by Gasteiger charge is 2.09. The molecule has 1 aromatic rings. The number of aromatic nitrogens is 2. The van der Waals surface area contributed by atoms with E-state index in [1.807, 2.05) is 12.3 Å². The van der Waals surface area contributed by atoms with Crippen molar-refractivity contribution in [2.45, 2.75) is 25.9 Å². The lowest BCUT2D eigenvalue weighted by molar-refractivity contribution is 0.632. The fourth-order valence-corrected chi connectivity index (χ4v) is 1.99. The molecule has 0 radical (unpaired) electrons.